The van der Waals surface area contributed by atoms with Crippen LogP contribution in [0.25, 0.3) is 0 Å². The van der Waals surface area contributed by atoms with Crippen LogP contribution in [0.15, 0.2) is 36.8 Å². The molecule has 5 heteroatoms. The summed E-state index contributed by atoms with van der Waals surface area (Å²) in [6.07, 6.45) is 4.30. The Hall–Kier alpha value is -1.94. The van der Waals surface area contributed by atoms with Gasteiger partial charge in [0.05, 0.1) is 16.8 Å². The highest BCUT2D eigenvalue weighted by Gasteiger charge is 2.14. The summed E-state index contributed by atoms with van der Waals surface area (Å²) < 4.78 is 5.04. The second kappa shape index (κ2) is 4.93. The molecule has 0 aliphatic carbocycles. The van der Waals surface area contributed by atoms with Gasteiger partial charge in [0, 0.05) is 12.4 Å². The number of rotatable bonds is 2. The Balaban J connectivity index is 2.24. The van der Waals surface area contributed by atoms with E-state index in [1.54, 1.807) is 12.1 Å². The van der Waals surface area contributed by atoms with Crippen LogP contribution in [-0.2, 0) is 0 Å². The molecule has 0 saturated carbocycles. The number of carbonyl (C=O) groups is 1. The van der Waals surface area contributed by atoms with Gasteiger partial charge < -0.3 is 4.74 Å². The molecule has 86 valence electrons. The first kappa shape index (κ1) is 11.5. The molecule has 17 heavy (non-hydrogen) atoms. The second-order valence-corrected chi connectivity index (χ2v) is 3.75. The van der Waals surface area contributed by atoms with Crippen molar-refractivity contribution in [2.75, 3.05) is 0 Å². The summed E-state index contributed by atoms with van der Waals surface area (Å²) in [5.74, 6) is -0.394. The van der Waals surface area contributed by atoms with Crippen molar-refractivity contribution in [3.05, 3.63) is 52.9 Å². The highest BCUT2D eigenvalue weighted by Crippen LogP contribution is 2.21. The smallest absolute Gasteiger partial charge is 0.346 e. The standard InChI is InChI=1S/C12H9ClN2O2/c1-8-3-2-4-9(11(8)13)12(16)17-10-7-14-5-6-15-10/h2-7H,1H3. The number of halogens is 1. The van der Waals surface area contributed by atoms with E-state index in [1.165, 1.54) is 18.6 Å². The Bertz CT molecular complexity index is 543. The van der Waals surface area contributed by atoms with Crippen molar-refractivity contribution in [3.63, 3.8) is 0 Å². The summed E-state index contributed by atoms with van der Waals surface area (Å²) in [5.41, 5.74) is 1.14. The highest BCUT2D eigenvalue weighted by molar-refractivity contribution is 6.34. The molecular weight excluding hydrogens is 240 g/mol. The van der Waals surface area contributed by atoms with Crippen LogP contribution >= 0.6 is 11.6 Å². The minimum atomic E-state index is -0.542. The lowest BCUT2D eigenvalue weighted by Crippen LogP contribution is -2.10. The van der Waals surface area contributed by atoms with Crippen molar-refractivity contribution in [2.45, 2.75) is 6.92 Å². The van der Waals surface area contributed by atoms with Gasteiger partial charge in [-0.05, 0) is 18.6 Å². The maximum absolute atomic E-state index is 11.8. The average molecular weight is 249 g/mol. The average Bonchev–Trinajstić information content (AvgIpc) is 2.34. The van der Waals surface area contributed by atoms with E-state index >= 15 is 0 Å². The Kier molecular flexibility index (Phi) is 3.35. The first-order valence-corrected chi connectivity index (χ1v) is 5.29. The molecule has 2 aromatic rings. The van der Waals surface area contributed by atoms with E-state index in [9.17, 15) is 4.79 Å². The third-order valence-corrected chi connectivity index (χ3v) is 2.65. The number of hydrogen-bond donors (Lipinski definition) is 0. The lowest BCUT2D eigenvalue weighted by Gasteiger charge is -2.05. The fourth-order valence-electron chi connectivity index (χ4n) is 1.29. The molecule has 0 radical (unpaired) electrons. The molecule has 4 nitrogen and oxygen atoms in total. The molecule has 1 heterocycles. The van der Waals surface area contributed by atoms with E-state index in [-0.39, 0.29) is 5.88 Å². The van der Waals surface area contributed by atoms with Crippen LogP contribution in [0.1, 0.15) is 15.9 Å². The number of aromatic nitrogens is 2. The largest absolute Gasteiger partial charge is 0.402 e. The molecule has 0 bridgehead atoms. The lowest BCUT2D eigenvalue weighted by molar-refractivity contribution is 0.0727. The molecule has 0 amide bonds. The summed E-state index contributed by atoms with van der Waals surface area (Å²) in [7, 11) is 0. The zero-order chi connectivity index (χ0) is 12.3. The second-order valence-electron chi connectivity index (χ2n) is 3.37. The molecule has 0 aliphatic rings. The van der Waals surface area contributed by atoms with Gasteiger partial charge in [0.25, 0.3) is 0 Å². The number of hydrogen-bond acceptors (Lipinski definition) is 4. The quantitative estimate of drug-likeness (QED) is 0.767. The van der Waals surface area contributed by atoms with Crippen LogP contribution in [-0.4, -0.2) is 15.9 Å². The number of ether oxygens (including phenoxy) is 1. The number of benzene rings is 1. The monoisotopic (exact) mass is 248 g/mol. The van der Waals surface area contributed by atoms with Crippen LogP contribution in [0.2, 0.25) is 5.02 Å². The number of esters is 1. The molecular formula is C12H9ClN2O2. The molecule has 2 rings (SSSR count). The van der Waals surface area contributed by atoms with Gasteiger partial charge in [-0.25, -0.2) is 9.78 Å². The third-order valence-electron chi connectivity index (χ3n) is 2.15. The van der Waals surface area contributed by atoms with Crippen molar-refractivity contribution in [1.82, 2.24) is 9.97 Å². The Labute approximate surface area is 103 Å². The van der Waals surface area contributed by atoms with Crippen LogP contribution in [0, 0.1) is 6.92 Å². The maximum Gasteiger partial charge on any atom is 0.346 e. The van der Waals surface area contributed by atoms with E-state index in [2.05, 4.69) is 9.97 Å². The molecule has 1 aromatic carbocycles. The predicted octanol–water partition coefficient (Wildman–Crippen LogP) is 2.66. The summed E-state index contributed by atoms with van der Waals surface area (Å²) in [6.45, 7) is 1.82. The van der Waals surface area contributed by atoms with Gasteiger partial charge in [-0.3, -0.25) is 4.98 Å². The molecule has 0 saturated heterocycles. The van der Waals surface area contributed by atoms with Gasteiger partial charge in [0.15, 0.2) is 0 Å². The van der Waals surface area contributed by atoms with E-state index in [4.69, 9.17) is 16.3 Å². The summed E-state index contributed by atoms with van der Waals surface area (Å²) in [6, 6.07) is 5.17. The topological polar surface area (TPSA) is 52.1 Å². The van der Waals surface area contributed by atoms with E-state index in [1.807, 2.05) is 13.0 Å². The van der Waals surface area contributed by atoms with Crippen molar-refractivity contribution in [1.29, 1.82) is 0 Å². The van der Waals surface area contributed by atoms with Crippen LogP contribution in [0.4, 0.5) is 0 Å². The minimum Gasteiger partial charge on any atom is -0.402 e. The van der Waals surface area contributed by atoms with Gasteiger partial charge in [0.1, 0.15) is 0 Å². The molecule has 0 N–H and O–H groups in total. The van der Waals surface area contributed by atoms with Crippen LogP contribution < -0.4 is 4.74 Å². The number of carbonyl (C=O) groups excluding carboxylic acids is 1. The minimum absolute atomic E-state index is 0.148. The zero-order valence-corrected chi connectivity index (χ0v) is 9.81. The molecule has 1 aromatic heterocycles. The van der Waals surface area contributed by atoms with Gasteiger partial charge in [-0.15, -0.1) is 0 Å². The van der Waals surface area contributed by atoms with Crippen LogP contribution in [0.3, 0.4) is 0 Å². The Morgan fingerprint density at radius 2 is 2.18 bits per heavy atom. The molecule has 0 atom stereocenters. The van der Waals surface area contributed by atoms with Crippen molar-refractivity contribution >= 4 is 17.6 Å². The van der Waals surface area contributed by atoms with E-state index in [0.29, 0.717) is 10.6 Å². The van der Waals surface area contributed by atoms with Gasteiger partial charge in [-0.2, -0.15) is 0 Å². The normalized spacial score (nSPS) is 10.0. The zero-order valence-electron chi connectivity index (χ0n) is 9.05. The number of nitrogens with zero attached hydrogens (tertiary/aromatic N) is 2. The van der Waals surface area contributed by atoms with Crippen LogP contribution in [0.5, 0.6) is 5.88 Å². The number of aryl methyl sites for hydroxylation is 1. The first-order chi connectivity index (χ1) is 8.18. The molecule has 0 unspecified atom stereocenters. The molecule has 0 spiro atoms. The van der Waals surface area contributed by atoms with E-state index in [0.717, 1.165) is 5.56 Å². The Morgan fingerprint density at radius 1 is 1.35 bits per heavy atom. The maximum atomic E-state index is 11.8. The SMILES string of the molecule is Cc1cccc(C(=O)Oc2cnccn2)c1Cl. The van der Waals surface area contributed by atoms with Gasteiger partial charge in [0.2, 0.25) is 5.88 Å². The molecule has 0 aliphatic heterocycles. The predicted molar refractivity (Wildman–Crippen MR) is 63.2 cm³/mol. The van der Waals surface area contributed by atoms with E-state index < -0.39 is 5.97 Å². The third kappa shape index (κ3) is 2.60. The summed E-state index contributed by atoms with van der Waals surface area (Å²) in [4.78, 5) is 19.5. The van der Waals surface area contributed by atoms with Gasteiger partial charge in [-0.1, -0.05) is 23.7 Å². The highest BCUT2D eigenvalue weighted by atomic mass is 35.5. The fraction of sp³-hybridized carbons (Fsp3) is 0.0833. The molecule has 0 fully saturated rings. The van der Waals surface area contributed by atoms with Gasteiger partial charge >= 0.3 is 5.97 Å². The Morgan fingerprint density at radius 3 is 2.88 bits per heavy atom. The van der Waals surface area contributed by atoms with Crippen molar-refractivity contribution < 1.29 is 9.53 Å². The summed E-state index contributed by atoms with van der Waals surface area (Å²) in [5, 5.41) is 0.390. The van der Waals surface area contributed by atoms with Crippen molar-refractivity contribution in [3.8, 4) is 5.88 Å². The lowest BCUT2D eigenvalue weighted by atomic mass is 10.1. The summed E-state index contributed by atoms with van der Waals surface area (Å²) >= 11 is 6.02. The first-order valence-electron chi connectivity index (χ1n) is 4.92. The van der Waals surface area contributed by atoms with Crippen molar-refractivity contribution in [2.24, 2.45) is 0 Å². The fourth-order valence-corrected chi connectivity index (χ4v) is 1.50.